The first kappa shape index (κ1) is 20.6. The molecule has 0 aromatic heterocycles. The Kier molecular flexibility index (Phi) is 6.54. The first-order valence-corrected chi connectivity index (χ1v) is 9.89. The van der Waals surface area contributed by atoms with Crippen molar-refractivity contribution in [1.29, 1.82) is 0 Å². The van der Waals surface area contributed by atoms with Crippen LogP contribution in [0.4, 0.5) is 0 Å². The van der Waals surface area contributed by atoms with E-state index in [0.717, 1.165) is 11.1 Å². The zero-order valence-corrected chi connectivity index (χ0v) is 17.9. The molecule has 8 heteroatoms. The largest absolute Gasteiger partial charge is 0.493 e. The topological polar surface area (TPSA) is 51.1 Å². The van der Waals surface area contributed by atoms with Crippen LogP contribution >= 0.6 is 35.0 Å². The van der Waals surface area contributed by atoms with E-state index in [1.54, 1.807) is 51.5 Å². The Morgan fingerprint density at radius 1 is 1.21 bits per heavy atom. The van der Waals surface area contributed by atoms with Gasteiger partial charge in [-0.05, 0) is 53.2 Å². The van der Waals surface area contributed by atoms with Crippen LogP contribution in [-0.2, 0) is 11.4 Å². The van der Waals surface area contributed by atoms with Crippen molar-refractivity contribution in [2.45, 2.75) is 6.61 Å². The zero-order chi connectivity index (χ0) is 20.3. The quantitative estimate of drug-likeness (QED) is 0.610. The van der Waals surface area contributed by atoms with Gasteiger partial charge in [0.25, 0.3) is 5.91 Å². The summed E-state index contributed by atoms with van der Waals surface area (Å²) in [5, 5.41) is 1.71. The molecule has 2 aromatic rings. The van der Waals surface area contributed by atoms with Gasteiger partial charge in [0.2, 0.25) is 0 Å². The molecule has 1 amide bonds. The monoisotopic (exact) mass is 436 g/mol. The van der Waals surface area contributed by atoms with Crippen LogP contribution in [0.1, 0.15) is 11.1 Å². The summed E-state index contributed by atoms with van der Waals surface area (Å²) >= 11 is 13.6. The Hall–Kier alpha value is -2.15. The molecular formula is C20H18Cl2N2O3S. The van der Waals surface area contributed by atoms with E-state index in [9.17, 15) is 4.79 Å². The van der Waals surface area contributed by atoms with Crippen LogP contribution in [0.3, 0.4) is 0 Å². The summed E-state index contributed by atoms with van der Waals surface area (Å²) in [6.45, 7) is 0.323. The van der Waals surface area contributed by atoms with E-state index in [4.69, 9.17) is 32.7 Å². The molecule has 1 fully saturated rings. The molecule has 1 saturated heterocycles. The molecule has 2 aromatic carbocycles. The zero-order valence-electron chi connectivity index (χ0n) is 15.5. The van der Waals surface area contributed by atoms with Gasteiger partial charge in [0, 0.05) is 19.1 Å². The van der Waals surface area contributed by atoms with E-state index in [1.807, 2.05) is 12.1 Å². The lowest BCUT2D eigenvalue weighted by Crippen LogP contribution is -2.23. The molecular weight excluding hydrogens is 419 g/mol. The van der Waals surface area contributed by atoms with E-state index in [1.165, 1.54) is 16.7 Å². The Bertz CT molecular complexity index is 959. The highest BCUT2D eigenvalue weighted by Crippen LogP contribution is 2.39. The standard InChI is InChI=1S/C20H18Cl2N2O3S/c1-23-20-24(2)19(25)17(28-20)10-13-8-15(22)18(16(9-13)26-3)27-11-12-4-6-14(21)7-5-12/h4-10H,11H2,1-3H3/b17-10+,23-20?. The van der Waals surface area contributed by atoms with E-state index in [2.05, 4.69) is 4.99 Å². The molecule has 0 saturated carbocycles. The number of hydrogen-bond acceptors (Lipinski definition) is 5. The average molecular weight is 437 g/mol. The first-order chi connectivity index (χ1) is 13.4. The van der Waals surface area contributed by atoms with Gasteiger partial charge in [-0.15, -0.1) is 0 Å². The van der Waals surface area contributed by atoms with Crippen molar-refractivity contribution in [3.05, 3.63) is 62.5 Å². The molecule has 0 aliphatic carbocycles. The highest BCUT2D eigenvalue weighted by molar-refractivity contribution is 8.18. The van der Waals surface area contributed by atoms with Gasteiger partial charge in [0.1, 0.15) is 6.61 Å². The summed E-state index contributed by atoms with van der Waals surface area (Å²) in [7, 11) is 4.89. The number of rotatable bonds is 5. The van der Waals surface area contributed by atoms with Gasteiger partial charge >= 0.3 is 0 Å². The van der Waals surface area contributed by atoms with Crippen LogP contribution in [0.2, 0.25) is 10.0 Å². The maximum Gasteiger partial charge on any atom is 0.266 e. The fourth-order valence-electron chi connectivity index (χ4n) is 2.60. The van der Waals surface area contributed by atoms with E-state index in [0.29, 0.717) is 38.2 Å². The normalized spacial score (nSPS) is 16.9. The van der Waals surface area contributed by atoms with Gasteiger partial charge in [-0.3, -0.25) is 14.7 Å². The Morgan fingerprint density at radius 3 is 2.54 bits per heavy atom. The van der Waals surface area contributed by atoms with Crippen molar-refractivity contribution in [3.63, 3.8) is 0 Å². The summed E-state index contributed by atoms with van der Waals surface area (Å²) in [6.07, 6.45) is 1.76. The van der Waals surface area contributed by atoms with Crippen LogP contribution in [0, 0.1) is 0 Å². The molecule has 28 heavy (non-hydrogen) atoms. The van der Waals surface area contributed by atoms with Gasteiger partial charge < -0.3 is 9.47 Å². The number of halogens is 2. The van der Waals surface area contributed by atoms with Crippen LogP contribution in [0.25, 0.3) is 6.08 Å². The minimum atomic E-state index is -0.108. The number of amides is 1. The number of hydrogen-bond donors (Lipinski definition) is 0. The SMILES string of the molecule is CN=C1S/C(=C/c2cc(Cl)c(OCc3ccc(Cl)cc3)c(OC)c2)C(=O)N1C. The number of thioether (sulfide) groups is 1. The highest BCUT2D eigenvalue weighted by Gasteiger charge is 2.29. The van der Waals surface area contributed by atoms with E-state index < -0.39 is 0 Å². The summed E-state index contributed by atoms with van der Waals surface area (Å²) in [4.78, 5) is 18.5. The number of methoxy groups -OCH3 is 1. The maximum absolute atomic E-state index is 12.3. The van der Waals surface area contributed by atoms with Gasteiger partial charge in [0.15, 0.2) is 16.7 Å². The number of benzene rings is 2. The van der Waals surface area contributed by atoms with E-state index >= 15 is 0 Å². The second kappa shape index (κ2) is 8.90. The molecule has 0 atom stereocenters. The molecule has 3 rings (SSSR count). The molecule has 1 heterocycles. The third kappa shape index (κ3) is 4.46. The maximum atomic E-state index is 12.3. The molecule has 0 radical (unpaired) electrons. The molecule has 146 valence electrons. The first-order valence-electron chi connectivity index (χ1n) is 8.32. The summed E-state index contributed by atoms with van der Waals surface area (Å²) in [6, 6.07) is 10.9. The minimum Gasteiger partial charge on any atom is -0.493 e. The van der Waals surface area contributed by atoms with Crippen molar-refractivity contribution in [2.75, 3.05) is 21.2 Å². The van der Waals surface area contributed by atoms with Gasteiger partial charge in [-0.2, -0.15) is 0 Å². The number of aliphatic imine (C=N–C) groups is 1. The van der Waals surface area contributed by atoms with Crippen molar-refractivity contribution in [3.8, 4) is 11.5 Å². The molecule has 5 nitrogen and oxygen atoms in total. The number of carbonyl (C=O) groups is 1. The van der Waals surface area contributed by atoms with Crippen molar-refractivity contribution >= 4 is 52.1 Å². The molecule has 0 spiro atoms. The number of ether oxygens (including phenoxy) is 2. The third-order valence-electron chi connectivity index (χ3n) is 4.04. The molecule has 1 aliphatic rings. The van der Waals surface area contributed by atoms with Crippen LogP contribution in [0.15, 0.2) is 46.3 Å². The molecule has 1 aliphatic heterocycles. The van der Waals surface area contributed by atoms with Gasteiger partial charge in [0.05, 0.1) is 17.0 Å². The second-order valence-corrected chi connectivity index (χ2v) is 7.78. The lowest BCUT2D eigenvalue weighted by atomic mass is 10.1. The molecule has 0 unspecified atom stereocenters. The smallest absolute Gasteiger partial charge is 0.266 e. The van der Waals surface area contributed by atoms with Crippen LogP contribution in [0.5, 0.6) is 11.5 Å². The molecule has 0 bridgehead atoms. The number of amidine groups is 1. The third-order valence-corrected chi connectivity index (χ3v) is 5.72. The van der Waals surface area contributed by atoms with Crippen molar-refractivity contribution < 1.29 is 14.3 Å². The lowest BCUT2D eigenvalue weighted by molar-refractivity contribution is -0.121. The summed E-state index contributed by atoms with van der Waals surface area (Å²) < 4.78 is 11.3. The predicted octanol–water partition coefficient (Wildman–Crippen LogP) is 5.11. The Morgan fingerprint density at radius 2 is 1.93 bits per heavy atom. The van der Waals surface area contributed by atoms with E-state index in [-0.39, 0.29) is 5.91 Å². The lowest BCUT2D eigenvalue weighted by Gasteiger charge is -2.13. The van der Waals surface area contributed by atoms with Crippen molar-refractivity contribution in [1.82, 2.24) is 4.90 Å². The van der Waals surface area contributed by atoms with Gasteiger partial charge in [-0.1, -0.05) is 35.3 Å². The minimum absolute atomic E-state index is 0.108. The average Bonchev–Trinajstić information content (AvgIpc) is 2.96. The van der Waals surface area contributed by atoms with Crippen LogP contribution < -0.4 is 9.47 Å². The highest BCUT2D eigenvalue weighted by atomic mass is 35.5. The summed E-state index contributed by atoms with van der Waals surface area (Å²) in [5.41, 5.74) is 1.69. The Labute approximate surface area is 177 Å². The summed E-state index contributed by atoms with van der Waals surface area (Å²) in [5.74, 6) is 0.824. The fourth-order valence-corrected chi connectivity index (χ4v) is 3.93. The molecule has 0 N–H and O–H groups in total. The fraction of sp³-hybridized carbons (Fsp3) is 0.200. The van der Waals surface area contributed by atoms with Crippen molar-refractivity contribution in [2.24, 2.45) is 4.99 Å². The van der Waals surface area contributed by atoms with Crippen LogP contribution in [-0.4, -0.2) is 37.2 Å². The number of carbonyl (C=O) groups excluding carboxylic acids is 1. The predicted molar refractivity (Wildman–Crippen MR) is 115 cm³/mol. The van der Waals surface area contributed by atoms with Gasteiger partial charge in [-0.25, -0.2) is 0 Å². The Balaban J connectivity index is 1.84. The number of likely N-dealkylation sites (N-methyl/N-ethyl adjacent to an activating group) is 1. The number of nitrogens with zero attached hydrogens (tertiary/aromatic N) is 2. The second-order valence-electron chi connectivity index (χ2n) is 5.93.